The first-order valence-corrected chi connectivity index (χ1v) is 9.63. The molecule has 0 aliphatic carbocycles. The zero-order valence-corrected chi connectivity index (χ0v) is 15.8. The summed E-state index contributed by atoms with van der Waals surface area (Å²) in [7, 11) is 0. The maximum Gasteiger partial charge on any atom is 0.258 e. The first-order chi connectivity index (χ1) is 13.6. The molecule has 1 aromatic heterocycles. The highest BCUT2D eigenvalue weighted by molar-refractivity contribution is 5.96. The van der Waals surface area contributed by atoms with E-state index in [1.165, 1.54) is 17.7 Å². The van der Waals surface area contributed by atoms with Gasteiger partial charge in [0.15, 0.2) is 5.82 Å². The molecule has 28 heavy (non-hydrogen) atoms. The number of nitrogens with zero attached hydrogens (tertiary/aromatic N) is 3. The van der Waals surface area contributed by atoms with Crippen LogP contribution in [0.1, 0.15) is 43.5 Å². The van der Waals surface area contributed by atoms with Crippen molar-refractivity contribution >= 4 is 11.6 Å². The third-order valence-corrected chi connectivity index (χ3v) is 5.07. The van der Waals surface area contributed by atoms with Gasteiger partial charge in [0.1, 0.15) is 5.82 Å². The van der Waals surface area contributed by atoms with Crippen LogP contribution in [0.3, 0.4) is 0 Å². The molecule has 144 valence electrons. The molecule has 2 aromatic carbocycles. The van der Waals surface area contributed by atoms with Crippen molar-refractivity contribution in [1.29, 1.82) is 0 Å². The summed E-state index contributed by atoms with van der Waals surface area (Å²) in [5.41, 5.74) is 2.70. The molecule has 1 aliphatic heterocycles. The first kappa shape index (κ1) is 18.3. The van der Waals surface area contributed by atoms with Crippen LogP contribution in [0.5, 0.6) is 0 Å². The monoisotopic (exact) mass is 379 g/mol. The second-order valence-corrected chi connectivity index (χ2v) is 7.14. The first-order valence-electron chi connectivity index (χ1n) is 9.63. The van der Waals surface area contributed by atoms with Gasteiger partial charge in [0.25, 0.3) is 5.89 Å². The van der Waals surface area contributed by atoms with Crippen molar-refractivity contribution in [3.8, 4) is 11.5 Å². The van der Waals surface area contributed by atoms with Crippen LogP contribution in [0.15, 0.2) is 53.1 Å². The fourth-order valence-corrected chi connectivity index (χ4v) is 3.49. The van der Waals surface area contributed by atoms with Gasteiger partial charge in [0.2, 0.25) is 5.91 Å². The van der Waals surface area contributed by atoms with Crippen molar-refractivity contribution in [2.45, 2.75) is 38.5 Å². The lowest BCUT2D eigenvalue weighted by Gasteiger charge is -2.16. The normalized spacial score (nSPS) is 16.7. The second-order valence-electron chi connectivity index (χ2n) is 7.14. The van der Waals surface area contributed by atoms with Crippen LogP contribution in [0, 0.1) is 5.82 Å². The van der Waals surface area contributed by atoms with E-state index in [-0.39, 0.29) is 23.5 Å². The Kier molecular flexibility index (Phi) is 5.19. The summed E-state index contributed by atoms with van der Waals surface area (Å²) in [6.07, 6.45) is 3.71. The summed E-state index contributed by atoms with van der Waals surface area (Å²) < 4.78 is 18.7. The minimum absolute atomic E-state index is 0.0448. The lowest BCUT2D eigenvalue weighted by molar-refractivity contribution is -0.117. The van der Waals surface area contributed by atoms with Crippen LogP contribution in [0.25, 0.3) is 11.5 Å². The Morgan fingerprint density at radius 1 is 1.21 bits per heavy atom. The highest BCUT2D eigenvalue weighted by atomic mass is 19.1. The van der Waals surface area contributed by atoms with Crippen LogP contribution < -0.4 is 4.90 Å². The van der Waals surface area contributed by atoms with Crippen LogP contribution >= 0.6 is 0 Å². The number of aromatic nitrogens is 2. The lowest BCUT2D eigenvalue weighted by Crippen LogP contribution is -2.24. The van der Waals surface area contributed by atoms with Gasteiger partial charge in [-0.3, -0.25) is 4.79 Å². The van der Waals surface area contributed by atoms with Crippen LogP contribution in [-0.4, -0.2) is 22.6 Å². The smallest absolute Gasteiger partial charge is 0.258 e. The topological polar surface area (TPSA) is 59.2 Å². The molecule has 3 aromatic rings. The van der Waals surface area contributed by atoms with E-state index in [2.05, 4.69) is 29.2 Å². The molecule has 1 fully saturated rings. The van der Waals surface area contributed by atoms with Gasteiger partial charge in [0, 0.05) is 30.1 Å². The summed E-state index contributed by atoms with van der Waals surface area (Å²) in [5.74, 6) is 0.291. The van der Waals surface area contributed by atoms with Gasteiger partial charge in [-0.2, -0.15) is 4.98 Å². The quantitative estimate of drug-likeness (QED) is 0.621. The molecule has 6 heteroatoms. The second kappa shape index (κ2) is 7.92. The van der Waals surface area contributed by atoms with Gasteiger partial charge in [-0.05, 0) is 48.7 Å². The molecule has 1 aliphatic rings. The largest absolute Gasteiger partial charge is 0.334 e. The number of benzene rings is 2. The molecule has 0 spiro atoms. The number of unbranched alkanes of at least 4 members (excludes halogenated alkanes) is 1. The van der Waals surface area contributed by atoms with Crippen LogP contribution in [0.4, 0.5) is 10.1 Å². The van der Waals surface area contributed by atoms with Gasteiger partial charge >= 0.3 is 0 Å². The summed E-state index contributed by atoms with van der Waals surface area (Å²) >= 11 is 0. The maximum absolute atomic E-state index is 13.4. The average Bonchev–Trinajstić information content (AvgIpc) is 3.34. The van der Waals surface area contributed by atoms with Crippen molar-refractivity contribution in [2.24, 2.45) is 0 Å². The molecule has 1 unspecified atom stereocenters. The number of anilines is 1. The van der Waals surface area contributed by atoms with Crippen molar-refractivity contribution < 1.29 is 13.7 Å². The Balaban J connectivity index is 1.48. The number of carbonyl (C=O) groups excluding carboxylic acids is 1. The minimum Gasteiger partial charge on any atom is -0.334 e. The summed E-state index contributed by atoms with van der Waals surface area (Å²) in [6.45, 7) is 2.68. The van der Waals surface area contributed by atoms with E-state index >= 15 is 0 Å². The number of aryl methyl sites for hydroxylation is 1. The van der Waals surface area contributed by atoms with Crippen molar-refractivity contribution in [3.05, 3.63) is 65.7 Å². The third kappa shape index (κ3) is 3.81. The van der Waals surface area contributed by atoms with E-state index in [4.69, 9.17) is 4.52 Å². The van der Waals surface area contributed by atoms with Gasteiger partial charge in [0.05, 0.1) is 0 Å². The molecule has 0 N–H and O–H groups in total. The fourth-order valence-electron chi connectivity index (χ4n) is 3.49. The average molecular weight is 379 g/mol. The molecule has 0 saturated carbocycles. The number of halogens is 1. The van der Waals surface area contributed by atoms with Crippen molar-refractivity contribution in [3.63, 3.8) is 0 Å². The molecule has 1 atom stereocenters. The predicted molar refractivity (Wildman–Crippen MR) is 104 cm³/mol. The molecule has 0 bridgehead atoms. The predicted octanol–water partition coefficient (Wildman–Crippen LogP) is 4.74. The Morgan fingerprint density at radius 3 is 2.79 bits per heavy atom. The standard InChI is InChI=1S/C22H22FN3O2/c1-2-3-5-15-8-10-19(11-9-15)26-14-17(13-20(26)27)21-24-22(28-25-21)16-6-4-7-18(23)12-16/h4,6-12,17H,2-3,5,13-14H2,1H3. The lowest BCUT2D eigenvalue weighted by atomic mass is 10.1. The molecule has 5 nitrogen and oxygen atoms in total. The Bertz CT molecular complexity index is 968. The van der Waals surface area contributed by atoms with E-state index in [0.29, 0.717) is 24.4 Å². The SMILES string of the molecule is CCCCc1ccc(N2CC(c3noc(-c4cccc(F)c4)n3)CC2=O)cc1. The van der Waals surface area contributed by atoms with E-state index < -0.39 is 0 Å². The van der Waals surface area contributed by atoms with Gasteiger partial charge in [-0.1, -0.05) is 36.7 Å². The zero-order chi connectivity index (χ0) is 19.5. The number of amides is 1. The minimum atomic E-state index is -0.359. The molecular weight excluding hydrogens is 357 g/mol. The zero-order valence-electron chi connectivity index (χ0n) is 15.8. The molecule has 1 saturated heterocycles. The van der Waals surface area contributed by atoms with Gasteiger partial charge < -0.3 is 9.42 Å². The summed E-state index contributed by atoms with van der Waals surface area (Å²) in [5, 5.41) is 4.03. The van der Waals surface area contributed by atoms with Crippen LogP contribution in [0.2, 0.25) is 0 Å². The number of hydrogen-bond acceptors (Lipinski definition) is 4. The molecule has 0 radical (unpaired) electrons. The van der Waals surface area contributed by atoms with E-state index in [1.54, 1.807) is 17.0 Å². The molecule has 2 heterocycles. The Morgan fingerprint density at radius 2 is 2.04 bits per heavy atom. The highest BCUT2D eigenvalue weighted by Gasteiger charge is 2.34. The third-order valence-electron chi connectivity index (χ3n) is 5.07. The highest BCUT2D eigenvalue weighted by Crippen LogP contribution is 2.31. The number of rotatable bonds is 6. The van der Waals surface area contributed by atoms with E-state index in [0.717, 1.165) is 24.9 Å². The number of carbonyl (C=O) groups is 1. The molecule has 1 amide bonds. The van der Waals surface area contributed by atoms with Crippen LogP contribution in [-0.2, 0) is 11.2 Å². The summed E-state index contributed by atoms with van der Waals surface area (Å²) in [6, 6.07) is 14.2. The Hall–Kier alpha value is -3.02. The van der Waals surface area contributed by atoms with Gasteiger partial charge in [-0.25, -0.2) is 4.39 Å². The van der Waals surface area contributed by atoms with Gasteiger partial charge in [-0.15, -0.1) is 0 Å². The summed E-state index contributed by atoms with van der Waals surface area (Å²) in [4.78, 5) is 18.7. The van der Waals surface area contributed by atoms with Crippen molar-refractivity contribution in [2.75, 3.05) is 11.4 Å². The number of hydrogen-bond donors (Lipinski definition) is 0. The fraction of sp³-hybridized carbons (Fsp3) is 0.318. The van der Waals surface area contributed by atoms with E-state index in [1.807, 2.05) is 12.1 Å². The Labute approximate surface area is 163 Å². The maximum atomic E-state index is 13.4. The van der Waals surface area contributed by atoms with E-state index in [9.17, 15) is 9.18 Å². The molecule has 4 rings (SSSR count). The molecular formula is C22H22FN3O2. The van der Waals surface area contributed by atoms with Crippen molar-refractivity contribution in [1.82, 2.24) is 10.1 Å².